The van der Waals surface area contributed by atoms with Crippen LogP contribution in [0.25, 0.3) is 22.2 Å². The maximum absolute atomic E-state index is 12.4. The van der Waals surface area contributed by atoms with Gasteiger partial charge in [0.15, 0.2) is 5.65 Å². The highest BCUT2D eigenvalue weighted by molar-refractivity contribution is 6.08. The number of aromatic nitrogens is 3. The van der Waals surface area contributed by atoms with Crippen LogP contribution >= 0.6 is 0 Å². The van der Waals surface area contributed by atoms with E-state index in [2.05, 4.69) is 16.5 Å². The van der Waals surface area contributed by atoms with Gasteiger partial charge in [-0.1, -0.05) is 24.8 Å². The molecule has 0 saturated heterocycles. The van der Waals surface area contributed by atoms with Crippen molar-refractivity contribution >= 4 is 34.0 Å². The summed E-state index contributed by atoms with van der Waals surface area (Å²) in [6.07, 6.45) is 1.50. The Kier molecular flexibility index (Phi) is 4.43. The zero-order valence-corrected chi connectivity index (χ0v) is 13.4. The van der Waals surface area contributed by atoms with Gasteiger partial charge in [-0.2, -0.15) is 0 Å². The Morgan fingerprint density at radius 1 is 1.33 bits per heavy atom. The van der Waals surface area contributed by atoms with Crippen LogP contribution in [-0.2, 0) is 16.0 Å². The predicted molar refractivity (Wildman–Crippen MR) is 91.8 cm³/mol. The SMILES string of the molecule is C=CCOC(=O)c1c(N)n(CCOC)c2nc3ccccc3nc12. The fourth-order valence-electron chi connectivity index (χ4n) is 2.53. The molecule has 2 heterocycles. The fourth-order valence-corrected chi connectivity index (χ4v) is 2.53. The quantitative estimate of drug-likeness (QED) is 0.551. The maximum Gasteiger partial charge on any atom is 0.344 e. The number of rotatable bonds is 6. The van der Waals surface area contributed by atoms with Gasteiger partial charge in [0.1, 0.15) is 23.5 Å². The van der Waals surface area contributed by atoms with Crippen molar-refractivity contribution in [3.05, 3.63) is 42.5 Å². The van der Waals surface area contributed by atoms with Gasteiger partial charge < -0.3 is 19.8 Å². The first-order valence-electron chi connectivity index (χ1n) is 7.48. The molecule has 1 aromatic carbocycles. The van der Waals surface area contributed by atoms with Crippen LogP contribution in [0.4, 0.5) is 5.82 Å². The van der Waals surface area contributed by atoms with Gasteiger partial charge >= 0.3 is 5.97 Å². The Morgan fingerprint density at radius 3 is 2.71 bits per heavy atom. The molecule has 0 unspecified atom stereocenters. The average molecular weight is 326 g/mol. The highest BCUT2D eigenvalue weighted by atomic mass is 16.5. The first-order valence-corrected chi connectivity index (χ1v) is 7.48. The molecule has 24 heavy (non-hydrogen) atoms. The molecule has 7 nitrogen and oxygen atoms in total. The molecule has 0 atom stereocenters. The normalized spacial score (nSPS) is 11.0. The van der Waals surface area contributed by atoms with Crippen LogP contribution in [-0.4, -0.2) is 40.8 Å². The van der Waals surface area contributed by atoms with E-state index in [4.69, 9.17) is 15.2 Å². The summed E-state index contributed by atoms with van der Waals surface area (Å²) in [4.78, 5) is 21.6. The van der Waals surface area contributed by atoms with E-state index in [0.29, 0.717) is 29.8 Å². The lowest BCUT2D eigenvalue weighted by atomic mass is 10.2. The van der Waals surface area contributed by atoms with Crippen LogP contribution < -0.4 is 5.73 Å². The van der Waals surface area contributed by atoms with Crippen LogP contribution in [0.2, 0.25) is 0 Å². The molecule has 0 saturated carbocycles. The second-order valence-electron chi connectivity index (χ2n) is 5.18. The minimum absolute atomic E-state index is 0.101. The van der Waals surface area contributed by atoms with E-state index in [-0.39, 0.29) is 18.0 Å². The van der Waals surface area contributed by atoms with Crippen molar-refractivity contribution in [1.29, 1.82) is 0 Å². The summed E-state index contributed by atoms with van der Waals surface area (Å²) in [6.45, 7) is 4.53. The van der Waals surface area contributed by atoms with E-state index < -0.39 is 5.97 Å². The Balaban J connectivity index is 2.24. The predicted octanol–water partition coefficient (Wildman–Crippen LogP) is 2.16. The number of hydrogen-bond acceptors (Lipinski definition) is 6. The number of carbonyl (C=O) groups excluding carboxylic acids is 1. The second-order valence-corrected chi connectivity index (χ2v) is 5.18. The van der Waals surface area contributed by atoms with Crippen LogP contribution in [0.5, 0.6) is 0 Å². The van der Waals surface area contributed by atoms with Gasteiger partial charge in [0, 0.05) is 13.7 Å². The van der Waals surface area contributed by atoms with Crippen molar-refractivity contribution in [2.75, 3.05) is 26.1 Å². The molecular weight excluding hydrogens is 308 g/mol. The highest BCUT2D eigenvalue weighted by Gasteiger charge is 2.24. The minimum Gasteiger partial charge on any atom is -0.458 e. The van der Waals surface area contributed by atoms with Gasteiger partial charge in [-0.25, -0.2) is 14.8 Å². The second kappa shape index (κ2) is 6.67. The third kappa shape index (κ3) is 2.69. The lowest BCUT2D eigenvalue weighted by Crippen LogP contribution is -2.11. The zero-order chi connectivity index (χ0) is 17.1. The molecule has 7 heteroatoms. The van der Waals surface area contributed by atoms with E-state index >= 15 is 0 Å². The van der Waals surface area contributed by atoms with E-state index in [9.17, 15) is 4.79 Å². The number of anilines is 1. The molecule has 2 aromatic heterocycles. The maximum atomic E-state index is 12.4. The third-order valence-electron chi connectivity index (χ3n) is 3.65. The Labute approximate surface area is 138 Å². The van der Waals surface area contributed by atoms with Gasteiger partial charge in [0.25, 0.3) is 0 Å². The lowest BCUT2D eigenvalue weighted by Gasteiger charge is -2.06. The highest BCUT2D eigenvalue weighted by Crippen LogP contribution is 2.28. The summed E-state index contributed by atoms with van der Waals surface area (Å²) in [6, 6.07) is 7.45. The lowest BCUT2D eigenvalue weighted by molar-refractivity contribution is 0.0553. The number of benzene rings is 1. The molecular formula is C17H18N4O3. The molecule has 0 fully saturated rings. The number of hydrogen-bond donors (Lipinski definition) is 1. The molecule has 3 rings (SSSR count). The first-order chi connectivity index (χ1) is 11.7. The molecule has 3 aromatic rings. The number of para-hydroxylation sites is 2. The monoisotopic (exact) mass is 326 g/mol. The van der Waals surface area contributed by atoms with Crippen molar-refractivity contribution in [2.45, 2.75) is 6.54 Å². The standard InChI is InChI=1S/C17H18N4O3/c1-3-9-24-17(22)13-14-16(21(15(13)18)8-10-23-2)20-12-7-5-4-6-11(12)19-14/h3-7H,1,8-10,18H2,2H3. The molecule has 124 valence electrons. The van der Waals surface area contributed by atoms with Crippen LogP contribution in [0.1, 0.15) is 10.4 Å². The summed E-state index contributed by atoms with van der Waals surface area (Å²) in [7, 11) is 1.60. The van der Waals surface area contributed by atoms with E-state index in [1.165, 1.54) is 6.08 Å². The number of carbonyl (C=O) groups is 1. The molecule has 0 aliphatic carbocycles. The number of nitrogens with zero attached hydrogens (tertiary/aromatic N) is 3. The topological polar surface area (TPSA) is 92.3 Å². The van der Waals surface area contributed by atoms with Crippen molar-refractivity contribution in [2.24, 2.45) is 0 Å². The molecule has 0 spiro atoms. The van der Waals surface area contributed by atoms with Gasteiger partial charge in [-0.15, -0.1) is 0 Å². The zero-order valence-electron chi connectivity index (χ0n) is 13.4. The summed E-state index contributed by atoms with van der Waals surface area (Å²) in [5.41, 5.74) is 8.79. The number of fused-ring (bicyclic) bond motifs is 2. The summed E-state index contributed by atoms with van der Waals surface area (Å²) >= 11 is 0. The van der Waals surface area contributed by atoms with Crippen LogP contribution in [0.15, 0.2) is 36.9 Å². The minimum atomic E-state index is -0.543. The largest absolute Gasteiger partial charge is 0.458 e. The fraction of sp³-hybridized carbons (Fsp3) is 0.235. The van der Waals surface area contributed by atoms with Crippen molar-refractivity contribution in [3.8, 4) is 0 Å². The van der Waals surface area contributed by atoms with Gasteiger partial charge in [-0.3, -0.25) is 0 Å². The Bertz CT molecular complexity index is 917. The van der Waals surface area contributed by atoms with Gasteiger partial charge in [-0.05, 0) is 12.1 Å². The van der Waals surface area contributed by atoms with E-state index in [1.54, 1.807) is 11.7 Å². The summed E-state index contributed by atoms with van der Waals surface area (Å²) in [5.74, 6) is -0.274. The van der Waals surface area contributed by atoms with Gasteiger partial charge in [0.05, 0.1) is 17.6 Å². The number of nitrogen functional groups attached to an aromatic ring is 1. The smallest absolute Gasteiger partial charge is 0.344 e. The third-order valence-corrected chi connectivity index (χ3v) is 3.65. The number of methoxy groups -OCH3 is 1. The number of nitrogens with two attached hydrogens (primary N) is 1. The summed E-state index contributed by atoms with van der Waals surface area (Å²) < 4.78 is 12.0. The van der Waals surface area contributed by atoms with Crippen molar-refractivity contribution < 1.29 is 14.3 Å². The molecule has 2 N–H and O–H groups in total. The number of ether oxygens (including phenoxy) is 2. The van der Waals surface area contributed by atoms with Crippen LogP contribution in [0.3, 0.4) is 0 Å². The van der Waals surface area contributed by atoms with E-state index in [1.807, 2.05) is 24.3 Å². The van der Waals surface area contributed by atoms with Crippen molar-refractivity contribution in [3.63, 3.8) is 0 Å². The molecule has 0 aliphatic heterocycles. The van der Waals surface area contributed by atoms with Gasteiger partial charge in [0.2, 0.25) is 0 Å². The van der Waals surface area contributed by atoms with E-state index in [0.717, 1.165) is 5.52 Å². The molecule has 0 amide bonds. The molecule has 0 bridgehead atoms. The number of esters is 1. The Morgan fingerprint density at radius 2 is 2.04 bits per heavy atom. The Hall–Kier alpha value is -2.93. The van der Waals surface area contributed by atoms with Crippen LogP contribution in [0, 0.1) is 0 Å². The molecule has 0 aliphatic rings. The first kappa shape index (κ1) is 15.9. The van der Waals surface area contributed by atoms with Crippen molar-refractivity contribution in [1.82, 2.24) is 14.5 Å². The molecule has 0 radical (unpaired) electrons. The average Bonchev–Trinajstić information content (AvgIpc) is 2.86. The summed E-state index contributed by atoms with van der Waals surface area (Å²) in [5, 5.41) is 0.